The Bertz CT molecular complexity index is 1340. The number of unbranched alkanes of at least 4 members (excludes halogenated alkanes) is 4. The molecule has 0 aromatic carbocycles. The van der Waals surface area contributed by atoms with Crippen molar-refractivity contribution in [1.82, 2.24) is 0 Å². The molecule has 1 fully saturated rings. The van der Waals surface area contributed by atoms with Crippen molar-refractivity contribution in [2.24, 2.45) is 11.3 Å². The molecule has 4 N–H and O–H groups in total. The second kappa shape index (κ2) is 15.3. The van der Waals surface area contributed by atoms with Crippen molar-refractivity contribution in [3.8, 4) is 0 Å². The molecule has 0 bridgehead atoms. The van der Waals surface area contributed by atoms with Crippen LogP contribution in [0.25, 0.3) is 0 Å². The molecule has 276 valence electrons. The quantitative estimate of drug-likeness (QED) is 0.106. The fourth-order valence-electron chi connectivity index (χ4n) is 7.42. The summed E-state index contributed by atoms with van der Waals surface area (Å²) in [4.78, 5) is 65.1. The summed E-state index contributed by atoms with van der Waals surface area (Å²) >= 11 is 0. The molecule has 0 radical (unpaired) electrons. The Morgan fingerprint density at radius 1 is 0.878 bits per heavy atom. The van der Waals surface area contributed by atoms with Gasteiger partial charge >= 0.3 is 29.8 Å². The number of esters is 5. The average molecular weight is 697 g/mol. The maximum Gasteiger partial charge on any atom is 0.354 e. The van der Waals surface area contributed by atoms with Crippen LogP contribution in [0.1, 0.15) is 100 Å². The summed E-state index contributed by atoms with van der Waals surface area (Å²) in [7, 11) is 0. The van der Waals surface area contributed by atoms with Gasteiger partial charge in [0.05, 0.1) is 5.60 Å². The monoisotopic (exact) mass is 696 g/mol. The van der Waals surface area contributed by atoms with Crippen LogP contribution in [-0.2, 0) is 47.7 Å². The molecular formula is C35H52O14. The Morgan fingerprint density at radius 2 is 1.47 bits per heavy atom. The molecular weight excluding hydrogens is 644 g/mol. The largest absolute Gasteiger partial charge is 0.459 e. The highest BCUT2D eigenvalue weighted by molar-refractivity contribution is 5.88. The van der Waals surface area contributed by atoms with Gasteiger partial charge in [-0.05, 0) is 38.8 Å². The van der Waals surface area contributed by atoms with Crippen molar-refractivity contribution in [1.29, 1.82) is 0 Å². The number of rotatable bonds is 11. The minimum absolute atomic E-state index is 0.00106. The first kappa shape index (κ1) is 40.1. The molecule has 0 amide bonds. The van der Waals surface area contributed by atoms with Crippen molar-refractivity contribution < 1.29 is 68.1 Å². The number of aliphatic hydroxyl groups excluding tert-OH is 2. The lowest BCUT2D eigenvalue weighted by atomic mass is 9.53. The van der Waals surface area contributed by atoms with Crippen LogP contribution in [0.2, 0.25) is 0 Å². The van der Waals surface area contributed by atoms with E-state index in [9.17, 15) is 44.4 Å². The van der Waals surface area contributed by atoms with Gasteiger partial charge in [0.25, 0.3) is 0 Å². The summed E-state index contributed by atoms with van der Waals surface area (Å²) in [5.41, 5.74) is -9.59. The highest BCUT2D eigenvalue weighted by atomic mass is 16.7. The first-order valence-electron chi connectivity index (χ1n) is 16.9. The van der Waals surface area contributed by atoms with E-state index in [0.29, 0.717) is 6.42 Å². The zero-order valence-electron chi connectivity index (χ0n) is 29.6. The highest BCUT2D eigenvalue weighted by Crippen LogP contribution is 2.56. The molecule has 14 heteroatoms. The minimum Gasteiger partial charge on any atom is -0.459 e. The summed E-state index contributed by atoms with van der Waals surface area (Å²) in [6.07, 6.45) is -3.01. The van der Waals surface area contributed by atoms with Gasteiger partial charge in [-0.15, -0.1) is 0 Å². The maximum atomic E-state index is 13.7. The number of hydrogen-bond acceptors (Lipinski definition) is 14. The Hall–Kier alpha value is -3.33. The Morgan fingerprint density at radius 3 is 2.04 bits per heavy atom. The van der Waals surface area contributed by atoms with Gasteiger partial charge in [-0.1, -0.05) is 58.6 Å². The molecule has 1 heterocycles. The smallest absolute Gasteiger partial charge is 0.354 e. The molecule has 11 atom stereocenters. The van der Waals surface area contributed by atoms with Crippen LogP contribution in [0.15, 0.2) is 23.8 Å². The number of aliphatic hydroxyl groups is 4. The summed E-state index contributed by atoms with van der Waals surface area (Å²) in [5, 5.41) is 48.1. The van der Waals surface area contributed by atoms with E-state index in [4.69, 9.17) is 23.7 Å². The highest BCUT2D eigenvalue weighted by Gasteiger charge is 2.76. The molecule has 0 aromatic rings. The lowest BCUT2D eigenvalue weighted by molar-refractivity contribution is -0.266. The molecule has 0 aromatic heterocycles. The lowest BCUT2D eigenvalue weighted by Crippen LogP contribution is -2.74. The molecule has 0 spiro atoms. The van der Waals surface area contributed by atoms with Gasteiger partial charge in [0.15, 0.2) is 17.8 Å². The Labute approximate surface area is 286 Å². The van der Waals surface area contributed by atoms with E-state index in [1.807, 2.05) is 0 Å². The molecule has 2 aliphatic carbocycles. The fourth-order valence-corrected chi connectivity index (χ4v) is 7.42. The van der Waals surface area contributed by atoms with Crippen LogP contribution in [-0.4, -0.2) is 104 Å². The SMILES string of the molecule is CCCCCCCC(=O)OC1C(C)=CC2OC(=O)C(C)(OC(=O)CC)C2(O)C(OC(C)=O)C2C(C)(O)C(O)C=CC2(C)C(OC(C)=O)C1O. The van der Waals surface area contributed by atoms with Gasteiger partial charge in [-0.25, -0.2) is 4.79 Å². The average Bonchev–Trinajstić information content (AvgIpc) is 3.19. The summed E-state index contributed by atoms with van der Waals surface area (Å²) < 4.78 is 28.5. The fraction of sp³-hybridized carbons (Fsp3) is 0.743. The number of ether oxygens (including phenoxy) is 5. The molecule has 3 rings (SSSR count). The first-order chi connectivity index (χ1) is 22.7. The van der Waals surface area contributed by atoms with Crippen molar-refractivity contribution in [2.75, 3.05) is 0 Å². The molecule has 14 nitrogen and oxygen atoms in total. The maximum absolute atomic E-state index is 13.7. The zero-order valence-corrected chi connectivity index (χ0v) is 29.6. The number of carbonyl (C=O) groups is 5. The third-order valence-corrected chi connectivity index (χ3v) is 10.1. The summed E-state index contributed by atoms with van der Waals surface area (Å²) in [5.74, 6) is -6.46. The summed E-state index contributed by atoms with van der Waals surface area (Å²) in [6.45, 7) is 10.7. The van der Waals surface area contributed by atoms with Gasteiger partial charge in [-0.3, -0.25) is 19.2 Å². The van der Waals surface area contributed by atoms with Crippen molar-refractivity contribution >= 4 is 29.8 Å². The van der Waals surface area contributed by atoms with E-state index in [0.717, 1.165) is 46.5 Å². The van der Waals surface area contributed by atoms with Gasteiger partial charge in [-0.2, -0.15) is 0 Å². The normalized spacial score (nSPS) is 38.7. The standard InChI is InChI=1S/C35H52O14/c1-9-11-12-13-14-15-25(40)48-27-19(3)18-23-35(44,34(8,31(42)47-23)49-24(39)10-2)30(46-21(5)37)28-32(6,17-16-22(38)33(28,7)43)29(26(27)41)45-20(4)36/h16-18,22-23,26-30,38,41,43-44H,9-15H2,1-8H3. The zero-order chi connectivity index (χ0) is 37.1. The van der Waals surface area contributed by atoms with Crippen LogP contribution >= 0.6 is 0 Å². The van der Waals surface area contributed by atoms with Gasteiger partial charge in [0.1, 0.15) is 24.4 Å². The first-order valence-corrected chi connectivity index (χ1v) is 16.9. The third kappa shape index (κ3) is 7.57. The van der Waals surface area contributed by atoms with Crippen molar-refractivity contribution in [2.45, 2.75) is 154 Å². The second-order valence-electron chi connectivity index (χ2n) is 13.9. The number of fused-ring (bicyclic) bond motifs is 2. The van der Waals surface area contributed by atoms with E-state index in [-0.39, 0.29) is 18.4 Å². The van der Waals surface area contributed by atoms with Crippen LogP contribution in [0, 0.1) is 11.3 Å². The number of hydrogen-bond donors (Lipinski definition) is 4. The molecule has 1 aliphatic heterocycles. The summed E-state index contributed by atoms with van der Waals surface area (Å²) in [6, 6.07) is 0. The van der Waals surface area contributed by atoms with E-state index < -0.39 is 94.6 Å². The van der Waals surface area contributed by atoms with Crippen LogP contribution < -0.4 is 0 Å². The van der Waals surface area contributed by atoms with Crippen LogP contribution in [0.4, 0.5) is 0 Å². The van der Waals surface area contributed by atoms with E-state index in [2.05, 4.69) is 6.92 Å². The van der Waals surface area contributed by atoms with Gasteiger partial charge in [0, 0.05) is 38.0 Å². The second-order valence-corrected chi connectivity index (χ2v) is 13.9. The lowest BCUT2D eigenvalue weighted by Gasteiger charge is -2.57. The van der Waals surface area contributed by atoms with E-state index >= 15 is 0 Å². The number of carbonyl (C=O) groups excluding carboxylic acids is 5. The predicted molar refractivity (Wildman–Crippen MR) is 171 cm³/mol. The third-order valence-electron chi connectivity index (χ3n) is 10.1. The molecule has 49 heavy (non-hydrogen) atoms. The van der Waals surface area contributed by atoms with Gasteiger partial charge < -0.3 is 44.1 Å². The molecule has 11 unspecified atom stereocenters. The molecule has 1 saturated heterocycles. The minimum atomic E-state index is -2.83. The molecule has 0 saturated carbocycles. The topological polar surface area (TPSA) is 212 Å². The molecule has 3 aliphatic rings. The van der Waals surface area contributed by atoms with Crippen molar-refractivity contribution in [3.05, 3.63) is 23.8 Å². The van der Waals surface area contributed by atoms with Gasteiger partial charge in [0.2, 0.25) is 5.60 Å². The van der Waals surface area contributed by atoms with E-state index in [1.54, 1.807) is 0 Å². The van der Waals surface area contributed by atoms with Crippen LogP contribution in [0.5, 0.6) is 0 Å². The van der Waals surface area contributed by atoms with Crippen LogP contribution in [0.3, 0.4) is 0 Å². The van der Waals surface area contributed by atoms with E-state index in [1.165, 1.54) is 45.9 Å². The predicted octanol–water partition coefficient (Wildman–Crippen LogP) is 2.12. The van der Waals surface area contributed by atoms with Crippen molar-refractivity contribution in [3.63, 3.8) is 0 Å². The Kier molecular flexibility index (Phi) is 12.5. The Balaban J connectivity index is 2.39.